The molecule has 2 aliphatic rings. The summed E-state index contributed by atoms with van der Waals surface area (Å²) in [5.74, 6) is 0.678. The second kappa shape index (κ2) is 7.43. The number of amides is 1. The molecule has 1 atom stereocenters. The molecular weight excluding hydrogens is 356 g/mol. The lowest BCUT2D eigenvalue weighted by Gasteiger charge is -2.25. The van der Waals surface area contributed by atoms with E-state index in [9.17, 15) is 9.59 Å². The van der Waals surface area contributed by atoms with Gasteiger partial charge in [-0.3, -0.25) is 19.5 Å². The van der Waals surface area contributed by atoms with Gasteiger partial charge in [0, 0.05) is 58.1 Å². The van der Waals surface area contributed by atoms with Crippen LogP contribution in [0.25, 0.3) is 0 Å². The van der Waals surface area contributed by atoms with Crippen molar-refractivity contribution in [2.24, 2.45) is 0 Å². The zero-order valence-corrected chi connectivity index (χ0v) is 16.8. The van der Waals surface area contributed by atoms with E-state index >= 15 is 0 Å². The lowest BCUT2D eigenvalue weighted by Crippen LogP contribution is -2.37. The molecule has 150 valence electrons. The first-order chi connectivity index (χ1) is 13.4. The Morgan fingerprint density at radius 3 is 2.79 bits per heavy atom. The standard InChI is InChI=1S/C20H28N6O2/c1-23(2)20-21-14(11-18(27)22-20)12-24(3)16-8-10-25(13-16)19(28)17-5-4-9-26(17)15-6-7-15/h4-5,9,11,15-16H,6-8,10,12-13H2,1-3H3,(H,21,22,27)/t16-/m1/s1. The van der Waals surface area contributed by atoms with Crippen molar-refractivity contribution < 1.29 is 4.79 Å². The molecule has 4 rings (SSSR count). The summed E-state index contributed by atoms with van der Waals surface area (Å²) in [7, 11) is 5.73. The maximum Gasteiger partial charge on any atom is 0.270 e. The highest BCUT2D eigenvalue weighted by atomic mass is 16.2. The van der Waals surface area contributed by atoms with E-state index in [1.807, 2.05) is 44.4 Å². The highest BCUT2D eigenvalue weighted by molar-refractivity contribution is 5.93. The molecule has 8 heteroatoms. The van der Waals surface area contributed by atoms with Crippen LogP contribution in [-0.4, -0.2) is 70.5 Å². The Morgan fingerprint density at radius 2 is 2.07 bits per heavy atom. The fourth-order valence-electron chi connectivity index (χ4n) is 3.87. The summed E-state index contributed by atoms with van der Waals surface area (Å²) in [5, 5.41) is 0. The Kier molecular flexibility index (Phi) is 4.97. The number of likely N-dealkylation sites (tertiary alicyclic amines) is 1. The smallest absolute Gasteiger partial charge is 0.270 e. The summed E-state index contributed by atoms with van der Waals surface area (Å²) in [6.07, 6.45) is 5.28. The quantitative estimate of drug-likeness (QED) is 0.813. The third-order valence-electron chi connectivity index (χ3n) is 5.63. The summed E-state index contributed by atoms with van der Waals surface area (Å²) < 4.78 is 2.13. The van der Waals surface area contributed by atoms with Gasteiger partial charge in [0.25, 0.3) is 11.5 Å². The fourth-order valence-corrected chi connectivity index (χ4v) is 3.87. The molecule has 1 saturated carbocycles. The number of nitrogens with zero attached hydrogens (tertiary/aromatic N) is 5. The maximum atomic E-state index is 13.0. The third kappa shape index (κ3) is 3.82. The van der Waals surface area contributed by atoms with Gasteiger partial charge in [-0.1, -0.05) is 0 Å². The lowest BCUT2D eigenvalue weighted by atomic mass is 10.2. The summed E-state index contributed by atoms with van der Waals surface area (Å²) >= 11 is 0. The van der Waals surface area contributed by atoms with Crippen LogP contribution in [0.1, 0.15) is 41.5 Å². The predicted molar refractivity (Wildman–Crippen MR) is 108 cm³/mol. The molecule has 3 heterocycles. The van der Waals surface area contributed by atoms with Crippen molar-refractivity contribution in [2.45, 2.75) is 37.9 Å². The molecule has 1 aliphatic carbocycles. The van der Waals surface area contributed by atoms with Gasteiger partial charge < -0.3 is 14.4 Å². The number of hydrogen-bond donors (Lipinski definition) is 1. The topological polar surface area (TPSA) is 77.5 Å². The van der Waals surface area contributed by atoms with Crippen molar-refractivity contribution in [3.63, 3.8) is 0 Å². The highest BCUT2D eigenvalue weighted by Gasteiger charge is 2.33. The first-order valence-electron chi connectivity index (χ1n) is 9.86. The second-order valence-electron chi connectivity index (χ2n) is 8.10. The van der Waals surface area contributed by atoms with Crippen LogP contribution < -0.4 is 10.5 Å². The number of aromatic amines is 1. The van der Waals surface area contributed by atoms with E-state index in [4.69, 9.17) is 0 Å². The van der Waals surface area contributed by atoms with E-state index in [0.29, 0.717) is 25.1 Å². The fraction of sp³-hybridized carbons (Fsp3) is 0.550. The summed E-state index contributed by atoms with van der Waals surface area (Å²) in [6.45, 7) is 2.04. The lowest BCUT2D eigenvalue weighted by molar-refractivity contribution is 0.0768. The molecule has 0 bridgehead atoms. The van der Waals surface area contributed by atoms with E-state index < -0.39 is 0 Å². The van der Waals surface area contributed by atoms with Crippen LogP contribution in [-0.2, 0) is 6.54 Å². The van der Waals surface area contributed by atoms with E-state index in [-0.39, 0.29) is 17.5 Å². The van der Waals surface area contributed by atoms with Gasteiger partial charge in [-0.15, -0.1) is 0 Å². The minimum absolute atomic E-state index is 0.122. The molecule has 8 nitrogen and oxygen atoms in total. The number of carbonyl (C=O) groups is 1. The largest absolute Gasteiger partial charge is 0.348 e. The van der Waals surface area contributed by atoms with Crippen LogP contribution >= 0.6 is 0 Å². The van der Waals surface area contributed by atoms with Crippen LogP contribution in [0.2, 0.25) is 0 Å². The van der Waals surface area contributed by atoms with Gasteiger partial charge in [-0.25, -0.2) is 4.98 Å². The van der Waals surface area contributed by atoms with Crippen molar-refractivity contribution in [2.75, 3.05) is 39.1 Å². The van der Waals surface area contributed by atoms with Gasteiger partial charge in [-0.2, -0.15) is 0 Å². The molecule has 0 unspecified atom stereocenters. The van der Waals surface area contributed by atoms with Crippen LogP contribution in [0.4, 0.5) is 5.95 Å². The van der Waals surface area contributed by atoms with E-state index in [1.54, 1.807) is 11.0 Å². The van der Waals surface area contributed by atoms with E-state index in [1.165, 1.54) is 12.8 Å². The van der Waals surface area contributed by atoms with Crippen molar-refractivity contribution in [1.29, 1.82) is 0 Å². The molecule has 28 heavy (non-hydrogen) atoms. The third-order valence-corrected chi connectivity index (χ3v) is 5.63. The number of anilines is 1. The SMILES string of the molecule is CN(C)c1nc(CN(C)[C@@H]2CCN(C(=O)c3cccn3C3CC3)C2)cc(=O)[nH]1. The number of carbonyl (C=O) groups excluding carboxylic acids is 1. The molecule has 0 aromatic carbocycles. The normalized spacial score (nSPS) is 19.4. The number of rotatable bonds is 6. The predicted octanol–water partition coefficient (Wildman–Crippen LogP) is 1.32. The van der Waals surface area contributed by atoms with Gasteiger partial charge in [0.1, 0.15) is 5.69 Å². The molecule has 2 fully saturated rings. The van der Waals surface area contributed by atoms with E-state index in [0.717, 1.165) is 24.4 Å². The van der Waals surface area contributed by atoms with Gasteiger partial charge in [-0.05, 0) is 38.4 Å². The number of H-pyrrole nitrogens is 1. The van der Waals surface area contributed by atoms with Gasteiger partial charge in [0.2, 0.25) is 5.95 Å². The van der Waals surface area contributed by atoms with Gasteiger partial charge in [0.15, 0.2) is 0 Å². The van der Waals surface area contributed by atoms with Gasteiger partial charge >= 0.3 is 0 Å². The second-order valence-corrected chi connectivity index (χ2v) is 8.10. The Labute approximate surface area is 164 Å². The molecule has 2 aromatic rings. The summed E-state index contributed by atoms with van der Waals surface area (Å²) in [6, 6.07) is 6.21. The van der Waals surface area contributed by atoms with Crippen molar-refractivity contribution in [3.05, 3.63) is 46.1 Å². The monoisotopic (exact) mass is 384 g/mol. The zero-order valence-electron chi connectivity index (χ0n) is 16.8. The molecule has 1 saturated heterocycles. The number of nitrogens with one attached hydrogen (secondary N) is 1. The highest BCUT2D eigenvalue weighted by Crippen LogP contribution is 2.36. The minimum atomic E-state index is -0.147. The first kappa shape index (κ1) is 18.7. The first-order valence-corrected chi connectivity index (χ1v) is 9.86. The molecule has 0 spiro atoms. The Bertz CT molecular complexity index is 913. The number of likely N-dealkylation sites (N-methyl/N-ethyl adjacent to an activating group) is 1. The Hall–Kier alpha value is -2.61. The van der Waals surface area contributed by atoms with Crippen molar-refractivity contribution in [3.8, 4) is 0 Å². The molecule has 1 aliphatic heterocycles. The Balaban J connectivity index is 1.40. The van der Waals surface area contributed by atoms with Crippen LogP contribution in [0.3, 0.4) is 0 Å². The zero-order chi connectivity index (χ0) is 19.8. The summed E-state index contributed by atoms with van der Waals surface area (Å²) in [5.41, 5.74) is 1.39. The maximum absolute atomic E-state index is 13.0. The molecule has 1 N–H and O–H groups in total. The molecular formula is C20H28N6O2. The van der Waals surface area contributed by atoms with E-state index in [2.05, 4.69) is 19.4 Å². The Morgan fingerprint density at radius 1 is 1.29 bits per heavy atom. The molecule has 1 amide bonds. The van der Waals surface area contributed by atoms with Crippen LogP contribution in [0.15, 0.2) is 29.2 Å². The molecule has 0 radical (unpaired) electrons. The number of aromatic nitrogens is 3. The summed E-state index contributed by atoms with van der Waals surface area (Å²) in [4.78, 5) is 38.0. The average molecular weight is 384 g/mol. The van der Waals surface area contributed by atoms with Crippen molar-refractivity contribution >= 4 is 11.9 Å². The van der Waals surface area contributed by atoms with Crippen molar-refractivity contribution in [1.82, 2.24) is 24.3 Å². The molecule has 2 aromatic heterocycles. The van der Waals surface area contributed by atoms with Gasteiger partial charge in [0.05, 0.1) is 5.69 Å². The van der Waals surface area contributed by atoms with Crippen LogP contribution in [0.5, 0.6) is 0 Å². The minimum Gasteiger partial charge on any atom is -0.348 e. The number of hydrogen-bond acceptors (Lipinski definition) is 5. The average Bonchev–Trinajstić information content (AvgIpc) is 3.18. The van der Waals surface area contributed by atoms with Crippen LogP contribution in [0, 0.1) is 0 Å².